The highest BCUT2D eigenvalue weighted by Crippen LogP contribution is 2.31. The minimum absolute atomic E-state index is 0.0139. The smallest absolute Gasteiger partial charge is 0.261 e. The number of carbonyl (C=O) groups is 1. The Kier molecular flexibility index (Phi) is 5.19. The monoisotopic (exact) mass is 381 g/mol. The molecule has 0 aliphatic heterocycles. The molecule has 1 aliphatic rings. The molecule has 1 N–H and O–H groups in total. The molecule has 28 heavy (non-hydrogen) atoms. The third-order valence-electron chi connectivity index (χ3n) is 5.12. The summed E-state index contributed by atoms with van der Waals surface area (Å²) in [7, 11) is 0. The molecule has 0 saturated heterocycles. The van der Waals surface area contributed by atoms with Crippen LogP contribution in [0.2, 0.25) is 0 Å². The molecule has 0 radical (unpaired) electrons. The van der Waals surface area contributed by atoms with E-state index in [0.717, 1.165) is 25.7 Å². The Morgan fingerprint density at radius 1 is 1.14 bits per heavy atom. The molecule has 3 aromatic rings. The van der Waals surface area contributed by atoms with E-state index in [1.54, 1.807) is 43.3 Å². The molecular formula is C22H23NO5. The van der Waals surface area contributed by atoms with Crippen LogP contribution < -0.4 is 15.5 Å². The lowest BCUT2D eigenvalue weighted by atomic mass is 9.95. The first-order valence-electron chi connectivity index (χ1n) is 9.70. The Morgan fingerprint density at radius 3 is 2.68 bits per heavy atom. The minimum Gasteiger partial charge on any atom is -0.473 e. The third kappa shape index (κ3) is 3.67. The van der Waals surface area contributed by atoms with Gasteiger partial charge in [0.15, 0.2) is 11.9 Å². The number of benzene rings is 1. The molecule has 146 valence electrons. The summed E-state index contributed by atoms with van der Waals surface area (Å²) in [5.74, 6) is 0.313. The number of hydrogen-bond acceptors (Lipinski definition) is 5. The van der Waals surface area contributed by atoms with Gasteiger partial charge in [-0.2, -0.15) is 0 Å². The van der Waals surface area contributed by atoms with Crippen LogP contribution in [0.5, 0.6) is 5.75 Å². The maximum Gasteiger partial charge on any atom is 0.261 e. The van der Waals surface area contributed by atoms with Crippen LogP contribution in [0.4, 0.5) is 0 Å². The van der Waals surface area contributed by atoms with Gasteiger partial charge in [-0.3, -0.25) is 9.59 Å². The maximum absolute atomic E-state index is 13.0. The fourth-order valence-corrected chi connectivity index (χ4v) is 3.60. The summed E-state index contributed by atoms with van der Waals surface area (Å²) >= 11 is 0. The van der Waals surface area contributed by atoms with Gasteiger partial charge < -0.3 is 18.9 Å². The average molecular weight is 381 g/mol. The van der Waals surface area contributed by atoms with Gasteiger partial charge in [0.05, 0.1) is 11.6 Å². The number of rotatable bonds is 5. The SMILES string of the molecule is C[C@@H](Oc1c(-c2ccco2)oc2ccccc2c1=O)C(=O)NC1CCCCC1. The zero-order valence-electron chi connectivity index (χ0n) is 15.8. The fraction of sp³-hybridized carbons (Fsp3) is 0.364. The lowest BCUT2D eigenvalue weighted by molar-refractivity contribution is -0.128. The van der Waals surface area contributed by atoms with Crippen molar-refractivity contribution in [1.29, 1.82) is 0 Å². The van der Waals surface area contributed by atoms with Crippen molar-refractivity contribution >= 4 is 16.9 Å². The highest BCUT2D eigenvalue weighted by atomic mass is 16.5. The van der Waals surface area contributed by atoms with Gasteiger partial charge >= 0.3 is 0 Å². The summed E-state index contributed by atoms with van der Waals surface area (Å²) in [5, 5.41) is 3.43. The Hall–Kier alpha value is -3.02. The first-order chi connectivity index (χ1) is 13.6. The molecule has 0 spiro atoms. The molecule has 6 heteroatoms. The number of nitrogens with one attached hydrogen (secondary N) is 1. The molecule has 0 unspecified atom stereocenters. The van der Waals surface area contributed by atoms with Crippen molar-refractivity contribution in [1.82, 2.24) is 5.32 Å². The first-order valence-corrected chi connectivity index (χ1v) is 9.70. The van der Waals surface area contributed by atoms with Crippen molar-refractivity contribution in [3.8, 4) is 17.3 Å². The molecule has 1 aromatic carbocycles. The van der Waals surface area contributed by atoms with Crippen LogP contribution >= 0.6 is 0 Å². The van der Waals surface area contributed by atoms with E-state index in [2.05, 4.69) is 5.32 Å². The molecule has 4 rings (SSSR count). The van der Waals surface area contributed by atoms with E-state index in [-0.39, 0.29) is 28.9 Å². The first kappa shape index (κ1) is 18.3. The van der Waals surface area contributed by atoms with E-state index in [1.165, 1.54) is 12.7 Å². The number of hydrogen-bond donors (Lipinski definition) is 1. The van der Waals surface area contributed by atoms with E-state index in [9.17, 15) is 9.59 Å². The van der Waals surface area contributed by atoms with Gasteiger partial charge in [-0.15, -0.1) is 0 Å². The Labute approximate surface area is 162 Å². The Balaban J connectivity index is 1.65. The zero-order chi connectivity index (χ0) is 19.5. The Morgan fingerprint density at radius 2 is 1.93 bits per heavy atom. The fourth-order valence-electron chi connectivity index (χ4n) is 3.60. The summed E-state index contributed by atoms with van der Waals surface area (Å²) in [6, 6.07) is 10.5. The molecule has 2 heterocycles. The zero-order valence-corrected chi connectivity index (χ0v) is 15.8. The standard InChI is InChI=1S/C22H23NO5/c1-14(22(25)23-15-8-3-2-4-9-15)27-21-19(24)16-10-5-6-11-17(16)28-20(21)18-12-7-13-26-18/h5-7,10-15H,2-4,8-9H2,1H3,(H,23,25)/t14-/m1/s1. The van der Waals surface area contributed by atoms with Crippen molar-refractivity contribution in [2.45, 2.75) is 51.2 Å². The van der Waals surface area contributed by atoms with E-state index in [1.807, 2.05) is 0 Å². The molecule has 1 fully saturated rings. The molecule has 1 saturated carbocycles. The average Bonchev–Trinajstić information content (AvgIpc) is 3.25. The second-order valence-electron chi connectivity index (χ2n) is 7.17. The molecule has 1 amide bonds. The van der Waals surface area contributed by atoms with Crippen LogP contribution in [0, 0.1) is 0 Å². The second-order valence-corrected chi connectivity index (χ2v) is 7.17. The molecule has 1 aliphatic carbocycles. The normalized spacial score (nSPS) is 16.0. The highest BCUT2D eigenvalue weighted by molar-refractivity contribution is 5.83. The Bertz CT molecular complexity index is 1020. The van der Waals surface area contributed by atoms with Crippen LogP contribution in [-0.4, -0.2) is 18.1 Å². The summed E-state index contributed by atoms with van der Waals surface area (Å²) in [5.41, 5.74) is 0.108. The third-order valence-corrected chi connectivity index (χ3v) is 5.12. The van der Waals surface area contributed by atoms with Gasteiger partial charge in [0.2, 0.25) is 16.9 Å². The summed E-state index contributed by atoms with van der Waals surface area (Å²) < 4.78 is 17.1. The minimum atomic E-state index is -0.834. The van der Waals surface area contributed by atoms with Crippen LogP contribution in [0.1, 0.15) is 39.0 Å². The number of para-hydroxylation sites is 1. The lowest BCUT2D eigenvalue weighted by Crippen LogP contribution is -2.43. The van der Waals surface area contributed by atoms with Crippen molar-refractivity contribution in [2.75, 3.05) is 0 Å². The summed E-state index contributed by atoms with van der Waals surface area (Å²) in [6.45, 7) is 1.64. The topological polar surface area (TPSA) is 81.7 Å². The predicted octanol–water partition coefficient (Wildman–Crippen LogP) is 4.27. The maximum atomic E-state index is 13.0. The number of ether oxygens (including phenoxy) is 1. The number of carbonyl (C=O) groups excluding carboxylic acids is 1. The summed E-state index contributed by atoms with van der Waals surface area (Å²) in [6.07, 6.45) is 6.08. The van der Waals surface area contributed by atoms with Gasteiger partial charge in [-0.1, -0.05) is 31.4 Å². The number of fused-ring (bicyclic) bond motifs is 1. The largest absolute Gasteiger partial charge is 0.473 e. The van der Waals surface area contributed by atoms with Crippen LogP contribution in [0.25, 0.3) is 22.5 Å². The van der Waals surface area contributed by atoms with Crippen molar-refractivity contribution in [3.63, 3.8) is 0 Å². The van der Waals surface area contributed by atoms with Crippen LogP contribution in [0.15, 0.2) is 56.3 Å². The summed E-state index contributed by atoms with van der Waals surface area (Å²) in [4.78, 5) is 25.6. The molecule has 2 aromatic heterocycles. The van der Waals surface area contributed by atoms with Gasteiger partial charge in [0.1, 0.15) is 5.58 Å². The number of amides is 1. The lowest BCUT2D eigenvalue weighted by Gasteiger charge is -2.24. The van der Waals surface area contributed by atoms with Crippen molar-refractivity contribution in [3.05, 3.63) is 52.9 Å². The van der Waals surface area contributed by atoms with Gasteiger partial charge in [0, 0.05) is 6.04 Å². The van der Waals surface area contributed by atoms with Crippen LogP contribution in [0.3, 0.4) is 0 Å². The molecule has 1 atom stereocenters. The molecule has 6 nitrogen and oxygen atoms in total. The second kappa shape index (κ2) is 7.92. The predicted molar refractivity (Wildman–Crippen MR) is 105 cm³/mol. The van der Waals surface area contributed by atoms with Crippen molar-refractivity contribution < 1.29 is 18.4 Å². The van der Waals surface area contributed by atoms with E-state index >= 15 is 0 Å². The van der Waals surface area contributed by atoms with E-state index < -0.39 is 6.10 Å². The van der Waals surface area contributed by atoms with Gasteiger partial charge in [-0.25, -0.2) is 0 Å². The van der Waals surface area contributed by atoms with Crippen molar-refractivity contribution in [2.24, 2.45) is 0 Å². The van der Waals surface area contributed by atoms with Gasteiger partial charge in [-0.05, 0) is 44.0 Å². The highest BCUT2D eigenvalue weighted by Gasteiger charge is 2.25. The number of furan rings is 1. The quantitative estimate of drug-likeness (QED) is 0.714. The van der Waals surface area contributed by atoms with E-state index in [0.29, 0.717) is 16.7 Å². The van der Waals surface area contributed by atoms with Gasteiger partial charge in [0.25, 0.3) is 5.91 Å². The van der Waals surface area contributed by atoms with E-state index in [4.69, 9.17) is 13.6 Å². The van der Waals surface area contributed by atoms with Crippen LogP contribution in [-0.2, 0) is 4.79 Å². The molecule has 0 bridgehead atoms. The molecular weight excluding hydrogens is 358 g/mol.